The van der Waals surface area contributed by atoms with Crippen molar-refractivity contribution in [2.24, 2.45) is 0 Å². The standard InChI is InChI=1S/C19H30O3/c1-13-14(2)16(4)19(15(13)3)17(20)11-9-7-5-6-8-10-12-18(21)22/h20H,5-12H2,1-4H3,(H,21,22). The predicted molar refractivity (Wildman–Crippen MR) is 91.0 cm³/mol. The zero-order valence-electron chi connectivity index (χ0n) is 14.5. The van der Waals surface area contributed by atoms with E-state index in [1.807, 2.05) is 0 Å². The molecule has 0 aromatic rings. The summed E-state index contributed by atoms with van der Waals surface area (Å²) >= 11 is 0. The maximum atomic E-state index is 10.4. The van der Waals surface area contributed by atoms with E-state index in [0.29, 0.717) is 5.76 Å². The van der Waals surface area contributed by atoms with Crippen LogP contribution in [0.4, 0.5) is 0 Å². The lowest BCUT2D eigenvalue weighted by molar-refractivity contribution is -0.137. The summed E-state index contributed by atoms with van der Waals surface area (Å²) in [7, 11) is 0. The van der Waals surface area contributed by atoms with Crippen LogP contribution in [0.15, 0.2) is 33.6 Å². The molecule has 1 rings (SSSR count). The van der Waals surface area contributed by atoms with Gasteiger partial charge in [-0.1, -0.05) is 25.7 Å². The number of allylic oxidation sites excluding steroid dienone is 6. The van der Waals surface area contributed by atoms with E-state index in [1.165, 1.54) is 22.3 Å². The Kier molecular flexibility index (Phi) is 7.43. The second-order valence-corrected chi connectivity index (χ2v) is 6.34. The SMILES string of the molecule is CC1=C(C)C(=C(O)CCCCCCCCC(=O)O)C(C)=C1C. The van der Waals surface area contributed by atoms with E-state index >= 15 is 0 Å². The van der Waals surface area contributed by atoms with Crippen LogP contribution in [0.25, 0.3) is 0 Å². The molecule has 22 heavy (non-hydrogen) atoms. The predicted octanol–water partition coefficient (Wildman–Crippen LogP) is 5.69. The number of hydrogen-bond donors (Lipinski definition) is 2. The number of carboxylic acids is 1. The van der Waals surface area contributed by atoms with E-state index in [4.69, 9.17) is 5.11 Å². The van der Waals surface area contributed by atoms with Crippen LogP contribution in [0.5, 0.6) is 0 Å². The highest BCUT2D eigenvalue weighted by Crippen LogP contribution is 2.38. The second kappa shape index (κ2) is 8.82. The summed E-state index contributed by atoms with van der Waals surface area (Å²) in [6.45, 7) is 8.41. The van der Waals surface area contributed by atoms with Crippen LogP contribution in [-0.4, -0.2) is 16.2 Å². The Morgan fingerprint density at radius 1 is 0.682 bits per heavy atom. The molecule has 0 atom stereocenters. The van der Waals surface area contributed by atoms with Crippen molar-refractivity contribution in [3.05, 3.63) is 33.6 Å². The summed E-state index contributed by atoms with van der Waals surface area (Å²) in [5.41, 5.74) is 6.05. The third-order valence-corrected chi connectivity index (χ3v) is 4.78. The molecule has 0 heterocycles. The number of rotatable bonds is 9. The number of carbonyl (C=O) groups is 1. The highest BCUT2D eigenvalue weighted by molar-refractivity contribution is 5.66. The largest absolute Gasteiger partial charge is 0.512 e. The Balaban J connectivity index is 2.31. The Morgan fingerprint density at radius 2 is 1.09 bits per heavy atom. The van der Waals surface area contributed by atoms with Crippen LogP contribution in [0.1, 0.15) is 79.1 Å². The van der Waals surface area contributed by atoms with Gasteiger partial charge in [-0.2, -0.15) is 0 Å². The minimum atomic E-state index is -0.703. The molecule has 0 radical (unpaired) electrons. The first-order valence-electron chi connectivity index (χ1n) is 8.36. The lowest BCUT2D eigenvalue weighted by atomic mass is 10.00. The highest BCUT2D eigenvalue weighted by Gasteiger charge is 2.21. The molecule has 0 saturated heterocycles. The molecule has 0 aromatic heterocycles. The van der Waals surface area contributed by atoms with Crippen molar-refractivity contribution in [3.63, 3.8) is 0 Å². The summed E-state index contributed by atoms with van der Waals surface area (Å²) in [5.74, 6) is -0.178. The van der Waals surface area contributed by atoms with Crippen molar-refractivity contribution in [2.75, 3.05) is 0 Å². The molecule has 0 saturated carbocycles. The fraction of sp³-hybridized carbons (Fsp3) is 0.632. The van der Waals surface area contributed by atoms with Gasteiger partial charge in [0.05, 0.1) is 5.76 Å². The van der Waals surface area contributed by atoms with Gasteiger partial charge in [0, 0.05) is 18.4 Å². The molecule has 2 N–H and O–H groups in total. The van der Waals surface area contributed by atoms with Crippen LogP contribution in [0.3, 0.4) is 0 Å². The average molecular weight is 306 g/mol. The van der Waals surface area contributed by atoms with Gasteiger partial charge in [0.15, 0.2) is 0 Å². The molecule has 0 aromatic carbocycles. The van der Waals surface area contributed by atoms with Crippen LogP contribution in [0, 0.1) is 0 Å². The molecule has 0 bridgehead atoms. The van der Waals surface area contributed by atoms with Gasteiger partial charge in [-0.05, 0) is 62.8 Å². The molecule has 0 fully saturated rings. The van der Waals surface area contributed by atoms with Crippen LogP contribution in [0.2, 0.25) is 0 Å². The van der Waals surface area contributed by atoms with E-state index < -0.39 is 5.97 Å². The third kappa shape index (κ3) is 5.04. The Labute approximate surface area is 134 Å². The molecular formula is C19H30O3. The number of unbranched alkanes of at least 4 members (excludes halogenated alkanes) is 5. The molecule has 1 aliphatic rings. The van der Waals surface area contributed by atoms with Gasteiger partial charge in [-0.3, -0.25) is 4.79 Å². The topological polar surface area (TPSA) is 57.5 Å². The summed E-state index contributed by atoms with van der Waals surface area (Å²) in [6.07, 6.45) is 7.06. The molecule has 0 amide bonds. The van der Waals surface area contributed by atoms with Crippen LogP contribution >= 0.6 is 0 Å². The minimum Gasteiger partial charge on any atom is -0.512 e. The van der Waals surface area contributed by atoms with Crippen molar-refractivity contribution in [1.82, 2.24) is 0 Å². The Hall–Kier alpha value is -1.51. The fourth-order valence-electron chi connectivity index (χ4n) is 3.05. The normalized spacial score (nSPS) is 15.0. The second-order valence-electron chi connectivity index (χ2n) is 6.34. The molecular weight excluding hydrogens is 276 g/mol. The first kappa shape index (κ1) is 18.5. The lowest BCUT2D eigenvalue weighted by Crippen LogP contribution is -1.94. The first-order valence-corrected chi connectivity index (χ1v) is 8.36. The van der Waals surface area contributed by atoms with Gasteiger partial charge in [-0.15, -0.1) is 0 Å². The number of carboxylic acid groups (broad SMARTS) is 1. The van der Waals surface area contributed by atoms with Gasteiger partial charge in [-0.25, -0.2) is 0 Å². The first-order chi connectivity index (χ1) is 10.4. The Bertz CT molecular complexity index is 481. The van der Waals surface area contributed by atoms with Gasteiger partial charge >= 0.3 is 5.97 Å². The maximum absolute atomic E-state index is 10.4. The molecule has 3 heteroatoms. The third-order valence-electron chi connectivity index (χ3n) is 4.78. The van der Waals surface area contributed by atoms with Crippen LogP contribution < -0.4 is 0 Å². The van der Waals surface area contributed by atoms with Crippen molar-refractivity contribution in [2.45, 2.75) is 79.1 Å². The highest BCUT2D eigenvalue weighted by atomic mass is 16.4. The fourth-order valence-corrected chi connectivity index (χ4v) is 3.05. The maximum Gasteiger partial charge on any atom is 0.303 e. The number of aliphatic hydroxyl groups is 1. The number of aliphatic hydroxyl groups excluding tert-OH is 1. The molecule has 124 valence electrons. The molecule has 0 aliphatic heterocycles. The van der Waals surface area contributed by atoms with Crippen LogP contribution in [-0.2, 0) is 4.79 Å². The minimum absolute atomic E-state index is 0.281. The zero-order chi connectivity index (χ0) is 16.7. The summed E-state index contributed by atoms with van der Waals surface area (Å²) in [6, 6.07) is 0. The number of aliphatic carboxylic acids is 1. The summed E-state index contributed by atoms with van der Waals surface area (Å²) in [4.78, 5) is 10.4. The van der Waals surface area contributed by atoms with Gasteiger partial charge in [0.2, 0.25) is 0 Å². The van der Waals surface area contributed by atoms with E-state index in [0.717, 1.165) is 50.5 Å². The average Bonchev–Trinajstić information content (AvgIpc) is 2.65. The van der Waals surface area contributed by atoms with Gasteiger partial charge in [0.25, 0.3) is 0 Å². The summed E-state index contributed by atoms with van der Waals surface area (Å²) < 4.78 is 0. The van der Waals surface area contributed by atoms with Gasteiger partial charge in [0.1, 0.15) is 0 Å². The summed E-state index contributed by atoms with van der Waals surface area (Å²) in [5, 5.41) is 18.9. The van der Waals surface area contributed by atoms with E-state index in [9.17, 15) is 9.90 Å². The van der Waals surface area contributed by atoms with E-state index in [1.54, 1.807) is 0 Å². The Morgan fingerprint density at radius 3 is 1.55 bits per heavy atom. The lowest BCUT2D eigenvalue weighted by Gasteiger charge is -2.09. The zero-order valence-corrected chi connectivity index (χ0v) is 14.5. The smallest absolute Gasteiger partial charge is 0.303 e. The van der Waals surface area contributed by atoms with Crippen molar-refractivity contribution in [1.29, 1.82) is 0 Å². The molecule has 1 aliphatic carbocycles. The van der Waals surface area contributed by atoms with Crippen molar-refractivity contribution in [3.8, 4) is 0 Å². The molecule has 0 spiro atoms. The number of hydrogen-bond acceptors (Lipinski definition) is 2. The molecule has 0 unspecified atom stereocenters. The quantitative estimate of drug-likeness (QED) is 0.425. The van der Waals surface area contributed by atoms with E-state index in [-0.39, 0.29) is 6.42 Å². The van der Waals surface area contributed by atoms with Gasteiger partial charge < -0.3 is 10.2 Å². The van der Waals surface area contributed by atoms with E-state index in [2.05, 4.69) is 27.7 Å². The monoisotopic (exact) mass is 306 g/mol. The van der Waals surface area contributed by atoms with Crippen molar-refractivity contribution < 1.29 is 15.0 Å². The van der Waals surface area contributed by atoms with Crippen molar-refractivity contribution >= 4 is 5.97 Å². The molecule has 3 nitrogen and oxygen atoms in total.